The van der Waals surface area contributed by atoms with Crippen LogP contribution in [0.5, 0.6) is 11.5 Å². The van der Waals surface area contributed by atoms with Gasteiger partial charge in [-0.2, -0.15) is 0 Å². The number of ether oxygens (including phenoxy) is 1. The van der Waals surface area contributed by atoms with Crippen molar-refractivity contribution < 1.29 is 34.8 Å². The van der Waals surface area contributed by atoms with Gasteiger partial charge in [-0.1, -0.05) is 24.3 Å². The molecular formula is C21H16O7. The van der Waals surface area contributed by atoms with Gasteiger partial charge in [-0.05, 0) is 23.3 Å². The predicted octanol–water partition coefficient (Wildman–Crippen LogP) is 3.42. The summed E-state index contributed by atoms with van der Waals surface area (Å²) in [7, 11) is 0. The van der Waals surface area contributed by atoms with Gasteiger partial charge >= 0.3 is 11.9 Å². The second-order valence-corrected chi connectivity index (χ2v) is 6.70. The fourth-order valence-electron chi connectivity index (χ4n) is 3.85. The number of aliphatic hydroxyl groups excluding tert-OH is 1. The Balaban J connectivity index is 2.03. The molecular weight excluding hydrogens is 364 g/mol. The number of phenols is 1. The summed E-state index contributed by atoms with van der Waals surface area (Å²) in [6.45, 7) is 0. The van der Waals surface area contributed by atoms with E-state index in [0.29, 0.717) is 16.7 Å². The highest BCUT2D eigenvalue weighted by Gasteiger charge is 2.41. The fourth-order valence-corrected chi connectivity index (χ4v) is 3.85. The number of hydrogen-bond donors (Lipinski definition) is 4. The zero-order chi connectivity index (χ0) is 20.0. The third-order valence-electron chi connectivity index (χ3n) is 5.01. The van der Waals surface area contributed by atoms with E-state index >= 15 is 0 Å². The molecule has 2 aromatic rings. The van der Waals surface area contributed by atoms with Gasteiger partial charge in [-0.25, -0.2) is 4.79 Å². The van der Waals surface area contributed by atoms with E-state index in [-0.39, 0.29) is 35.0 Å². The minimum Gasteiger partial charge on any atom is -0.512 e. The van der Waals surface area contributed by atoms with Crippen LogP contribution in [-0.4, -0.2) is 32.4 Å². The van der Waals surface area contributed by atoms with E-state index in [4.69, 9.17) is 4.74 Å². The second kappa shape index (κ2) is 6.45. The highest BCUT2D eigenvalue weighted by Crippen LogP contribution is 2.50. The number of carboxylic acids is 2. The number of aliphatic hydroxyl groups is 1. The van der Waals surface area contributed by atoms with E-state index in [2.05, 4.69) is 0 Å². The van der Waals surface area contributed by atoms with E-state index in [9.17, 15) is 30.0 Å². The second-order valence-electron chi connectivity index (χ2n) is 6.70. The Hall–Kier alpha value is -3.74. The normalized spacial score (nSPS) is 20.5. The van der Waals surface area contributed by atoms with E-state index in [0.717, 1.165) is 0 Å². The van der Waals surface area contributed by atoms with Gasteiger partial charge in [0.2, 0.25) is 0 Å². The number of rotatable bonds is 3. The van der Waals surface area contributed by atoms with Crippen LogP contribution in [0.4, 0.5) is 0 Å². The molecule has 0 aromatic heterocycles. The van der Waals surface area contributed by atoms with Crippen LogP contribution in [0.15, 0.2) is 65.6 Å². The van der Waals surface area contributed by atoms with Crippen molar-refractivity contribution in [1.82, 2.24) is 0 Å². The summed E-state index contributed by atoms with van der Waals surface area (Å²) < 4.78 is 5.79. The molecule has 0 radical (unpaired) electrons. The molecule has 28 heavy (non-hydrogen) atoms. The molecule has 4 N–H and O–H groups in total. The van der Waals surface area contributed by atoms with Crippen molar-refractivity contribution in [3.8, 4) is 11.5 Å². The molecule has 1 aliphatic carbocycles. The lowest BCUT2D eigenvalue weighted by Gasteiger charge is -2.35. The molecule has 1 aliphatic heterocycles. The summed E-state index contributed by atoms with van der Waals surface area (Å²) in [6.07, 6.45) is 1.23. The maximum atomic E-state index is 11.9. The van der Waals surface area contributed by atoms with E-state index in [1.807, 2.05) is 0 Å². The quantitative estimate of drug-likeness (QED) is 0.643. The van der Waals surface area contributed by atoms with Crippen LogP contribution >= 0.6 is 0 Å². The standard InChI is InChI=1S/C21H16O7/c22-10-5-6-14-16(8-10)28-17-9-11(23)7-15(21(26)27)19(17)18(14)12-3-1-2-4-13(12)20(24)25/h1-6,8-9,15,18,22-23H,7H2,(H,24,25)(H,26,27). The molecule has 1 heterocycles. The van der Waals surface area contributed by atoms with Gasteiger partial charge in [0.25, 0.3) is 0 Å². The molecule has 7 nitrogen and oxygen atoms in total. The van der Waals surface area contributed by atoms with Crippen molar-refractivity contribution in [3.63, 3.8) is 0 Å². The monoisotopic (exact) mass is 380 g/mol. The molecule has 2 aliphatic rings. The molecule has 0 spiro atoms. The number of aromatic hydroxyl groups is 1. The molecule has 2 aromatic carbocycles. The molecule has 0 bridgehead atoms. The van der Waals surface area contributed by atoms with Crippen molar-refractivity contribution in [3.05, 3.63) is 82.3 Å². The first-order valence-electron chi connectivity index (χ1n) is 8.56. The highest BCUT2D eigenvalue weighted by molar-refractivity contribution is 5.90. The molecule has 2 unspecified atom stereocenters. The summed E-state index contributed by atoms with van der Waals surface area (Å²) in [4.78, 5) is 23.7. The first-order chi connectivity index (χ1) is 13.4. The number of carboxylic acid groups (broad SMARTS) is 2. The van der Waals surface area contributed by atoms with E-state index in [1.54, 1.807) is 24.3 Å². The van der Waals surface area contributed by atoms with Gasteiger partial charge in [-0.3, -0.25) is 4.79 Å². The van der Waals surface area contributed by atoms with E-state index < -0.39 is 23.8 Å². The lowest BCUT2D eigenvalue weighted by atomic mass is 9.72. The molecule has 0 saturated carbocycles. The van der Waals surface area contributed by atoms with Crippen LogP contribution in [0, 0.1) is 5.92 Å². The minimum absolute atomic E-state index is 0.0446. The Bertz CT molecular complexity index is 1060. The Morgan fingerprint density at radius 1 is 1.00 bits per heavy atom. The van der Waals surface area contributed by atoms with Crippen molar-refractivity contribution in [2.24, 2.45) is 5.92 Å². The lowest BCUT2D eigenvalue weighted by Crippen LogP contribution is -2.30. The number of benzene rings is 2. The SMILES string of the molecule is O=C(O)c1ccccc1C1C2=C(C=C(O)CC2C(=O)O)Oc2cc(O)ccc21. The molecule has 4 rings (SSSR count). The summed E-state index contributed by atoms with van der Waals surface area (Å²) in [5.41, 5.74) is 1.38. The van der Waals surface area contributed by atoms with Gasteiger partial charge < -0.3 is 25.2 Å². The Morgan fingerprint density at radius 2 is 1.75 bits per heavy atom. The number of phenolic OH excluding ortho intramolecular Hbond substituents is 1. The molecule has 0 saturated heterocycles. The first-order valence-corrected chi connectivity index (χ1v) is 8.56. The van der Waals surface area contributed by atoms with Crippen LogP contribution in [-0.2, 0) is 4.79 Å². The summed E-state index contributed by atoms with van der Waals surface area (Å²) in [6, 6.07) is 10.8. The molecule has 0 amide bonds. The predicted molar refractivity (Wildman–Crippen MR) is 97.5 cm³/mol. The van der Waals surface area contributed by atoms with Crippen molar-refractivity contribution in [2.75, 3.05) is 0 Å². The maximum absolute atomic E-state index is 11.9. The largest absolute Gasteiger partial charge is 0.512 e. The topological polar surface area (TPSA) is 124 Å². The molecule has 142 valence electrons. The molecule has 2 atom stereocenters. The third-order valence-corrected chi connectivity index (χ3v) is 5.01. The molecule has 0 fully saturated rings. The van der Waals surface area contributed by atoms with Gasteiger partial charge in [0.1, 0.15) is 17.3 Å². The minimum atomic E-state index is -1.14. The van der Waals surface area contributed by atoms with Crippen LogP contribution in [0.3, 0.4) is 0 Å². The number of fused-ring (bicyclic) bond motifs is 1. The summed E-state index contributed by atoms with van der Waals surface area (Å²) in [5.74, 6) is -3.82. The zero-order valence-electron chi connectivity index (χ0n) is 14.5. The van der Waals surface area contributed by atoms with Crippen molar-refractivity contribution in [2.45, 2.75) is 12.3 Å². The van der Waals surface area contributed by atoms with Crippen LogP contribution in [0.2, 0.25) is 0 Å². The van der Waals surface area contributed by atoms with Crippen LogP contribution in [0.1, 0.15) is 33.8 Å². The third kappa shape index (κ3) is 2.77. The number of allylic oxidation sites excluding steroid dienone is 2. The lowest BCUT2D eigenvalue weighted by molar-refractivity contribution is -0.140. The van der Waals surface area contributed by atoms with E-state index in [1.165, 1.54) is 24.3 Å². The smallest absolute Gasteiger partial charge is 0.335 e. The fraction of sp³-hybridized carbons (Fsp3) is 0.143. The summed E-state index contributed by atoms with van der Waals surface area (Å²) >= 11 is 0. The Morgan fingerprint density at radius 3 is 2.46 bits per heavy atom. The first kappa shape index (κ1) is 17.7. The van der Waals surface area contributed by atoms with Gasteiger partial charge in [0.05, 0.1) is 17.2 Å². The van der Waals surface area contributed by atoms with Crippen LogP contribution in [0.25, 0.3) is 0 Å². The van der Waals surface area contributed by atoms with Gasteiger partial charge in [0, 0.05) is 30.0 Å². The van der Waals surface area contributed by atoms with Crippen LogP contribution < -0.4 is 4.74 Å². The average molecular weight is 380 g/mol. The Kier molecular flexibility index (Phi) is 4.07. The highest BCUT2D eigenvalue weighted by atomic mass is 16.5. The Labute approximate surface area is 159 Å². The number of hydrogen-bond acceptors (Lipinski definition) is 5. The zero-order valence-corrected chi connectivity index (χ0v) is 14.5. The summed E-state index contributed by atoms with van der Waals surface area (Å²) in [5, 5.41) is 39.2. The van der Waals surface area contributed by atoms with Gasteiger partial charge in [-0.15, -0.1) is 0 Å². The van der Waals surface area contributed by atoms with Crippen molar-refractivity contribution in [1.29, 1.82) is 0 Å². The maximum Gasteiger partial charge on any atom is 0.335 e. The number of aliphatic carboxylic acids is 1. The molecule has 7 heteroatoms. The van der Waals surface area contributed by atoms with Gasteiger partial charge in [0.15, 0.2) is 0 Å². The van der Waals surface area contributed by atoms with Crippen molar-refractivity contribution >= 4 is 11.9 Å². The number of aromatic carboxylic acids is 1. The average Bonchev–Trinajstić information content (AvgIpc) is 2.65. The number of carbonyl (C=O) groups is 2.